The molecule has 1 aromatic carbocycles. The van der Waals surface area contributed by atoms with Gasteiger partial charge in [0, 0.05) is 19.6 Å². The molecule has 1 aliphatic heterocycles. The molecular weight excluding hydrogens is 499 g/mol. The lowest BCUT2D eigenvalue weighted by molar-refractivity contribution is 0.0507. The molecule has 0 aromatic heterocycles. The average Bonchev–Trinajstić information content (AvgIpc) is 3.11. The minimum absolute atomic E-state index is 0. The molecule has 2 unspecified atom stereocenters. The van der Waals surface area contributed by atoms with Gasteiger partial charge in [-0.15, -0.1) is 24.0 Å². The Hall–Kier alpha value is -1.75. The molecule has 0 bridgehead atoms. The molecule has 30 heavy (non-hydrogen) atoms. The maximum absolute atomic E-state index is 12.0. The van der Waals surface area contributed by atoms with E-state index in [2.05, 4.69) is 20.5 Å². The highest BCUT2D eigenvalue weighted by Crippen LogP contribution is 2.19. The van der Waals surface area contributed by atoms with Crippen LogP contribution in [0.2, 0.25) is 0 Å². The average molecular weight is 534 g/mol. The highest BCUT2D eigenvalue weighted by atomic mass is 127. The fourth-order valence-corrected chi connectivity index (χ4v) is 3.10. The summed E-state index contributed by atoms with van der Waals surface area (Å²) in [5.74, 6) is 1.43. The van der Waals surface area contributed by atoms with Gasteiger partial charge >= 0.3 is 6.09 Å². The summed E-state index contributed by atoms with van der Waals surface area (Å²) in [7, 11) is 1.60. The van der Waals surface area contributed by atoms with Crippen molar-refractivity contribution in [3.63, 3.8) is 0 Å². The van der Waals surface area contributed by atoms with Gasteiger partial charge in [0.05, 0.1) is 25.8 Å². The van der Waals surface area contributed by atoms with Crippen LogP contribution in [0.5, 0.6) is 5.75 Å². The molecule has 2 rings (SSSR count). The van der Waals surface area contributed by atoms with E-state index < -0.39 is 17.8 Å². The van der Waals surface area contributed by atoms with Crippen LogP contribution in [0.15, 0.2) is 29.3 Å². The van der Waals surface area contributed by atoms with Gasteiger partial charge in [-0.3, -0.25) is 4.99 Å². The zero-order valence-electron chi connectivity index (χ0n) is 18.5. The molecule has 0 aliphatic carbocycles. The number of likely N-dealkylation sites (tertiary alicyclic amines) is 1. The molecule has 1 amide bonds. The Kier molecular flexibility index (Phi) is 10.7. The van der Waals surface area contributed by atoms with Gasteiger partial charge in [-0.25, -0.2) is 4.79 Å². The molecule has 2 atom stereocenters. The van der Waals surface area contributed by atoms with Gasteiger partial charge in [-0.05, 0) is 51.8 Å². The van der Waals surface area contributed by atoms with Gasteiger partial charge in [-0.1, -0.05) is 12.1 Å². The fraction of sp³-hybridized carbons (Fsp3) is 0.619. The van der Waals surface area contributed by atoms with Crippen LogP contribution in [0.4, 0.5) is 4.79 Å². The molecule has 0 spiro atoms. The fourth-order valence-electron chi connectivity index (χ4n) is 3.10. The largest absolute Gasteiger partial charge is 0.497 e. The Morgan fingerprint density at radius 3 is 2.77 bits per heavy atom. The molecule has 8 nitrogen and oxygen atoms in total. The second-order valence-corrected chi connectivity index (χ2v) is 8.06. The second kappa shape index (κ2) is 12.2. The van der Waals surface area contributed by atoms with Crippen molar-refractivity contribution in [3.8, 4) is 5.75 Å². The summed E-state index contributed by atoms with van der Waals surface area (Å²) < 4.78 is 10.5. The Morgan fingerprint density at radius 1 is 1.40 bits per heavy atom. The van der Waals surface area contributed by atoms with E-state index in [4.69, 9.17) is 9.47 Å². The number of halogens is 1. The normalized spacial score (nSPS) is 17.7. The van der Waals surface area contributed by atoms with E-state index in [1.807, 2.05) is 52.0 Å². The number of ether oxygens (including phenoxy) is 2. The number of nitrogens with zero attached hydrogens (tertiary/aromatic N) is 2. The number of hydrogen-bond donors (Lipinski definition) is 3. The lowest BCUT2D eigenvalue weighted by atomic mass is 10.1. The van der Waals surface area contributed by atoms with Gasteiger partial charge < -0.3 is 30.1 Å². The Bertz CT molecular complexity index is 708. The predicted octanol–water partition coefficient (Wildman–Crippen LogP) is 2.91. The van der Waals surface area contributed by atoms with Gasteiger partial charge in [-0.2, -0.15) is 0 Å². The lowest BCUT2D eigenvalue weighted by Gasteiger charge is -2.23. The van der Waals surface area contributed by atoms with Crippen LogP contribution in [-0.4, -0.2) is 67.0 Å². The van der Waals surface area contributed by atoms with Crippen molar-refractivity contribution in [1.82, 2.24) is 15.5 Å². The number of hydrogen-bond acceptors (Lipinski definition) is 5. The standard InChI is InChI=1S/C21H34N4O4.HI/c1-6-22-19(23-13-18(26)15-8-7-9-17(12-15)28-5)25-11-10-16(14-25)24-20(27)29-21(2,3)4;/h7-9,12,16,18,26H,6,10-11,13-14H2,1-5H3,(H,22,23)(H,24,27);1H. The van der Waals surface area contributed by atoms with Gasteiger partial charge in [0.25, 0.3) is 0 Å². The second-order valence-electron chi connectivity index (χ2n) is 8.06. The van der Waals surface area contributed by atoms with Crippen LogP contribution < -0.4 is 15.4 Å². The number of benzene rings is 1. The first kappa shape index (κ1) is 26.3. The van der Waals surface area contributed by atoms with Crippen molar-refractivity contribution in [2.45, 2.75) is 51.9 Å². The van der Waals surface area contributed by atoms with E-state index in [0.717, 1.165) is 31.0 Å². The number of carbonyl (C=O) groups excluding carboxylic acids is 1. The first-order valence-corrected chi connectivity index (χ1v) is 10.1. The number of rotatable bonds is 6. The highest BCUT2D eigenvalue weighted by Gasteiger charge is 2.28. The molecule has 1 saturated heterocycles. The molecule has 170 valence electrons. The number of nitrogens with one attached hydrogen (secondary N) is 2. The van der Waals surface area contributed by atoms with Crippen LogP contribution >= 0.6 is 24.0 Å². The quantitative estimate of drug-likeness (QED) is 0.295. The van der Waals surface area contributed by atoms with E-state index in [0.29, 0.717) is 12.3 Å². The number of alkyl carbamates (subject to hydrolysis) is 1. The predicted molar refractivity (Wildman–Crippen MR) is 129 cm³/mol. The number of aliphatic imine (C=N–C) groups is 1. The van der Waals surface area contributed by atoms with Crippen LogP contribution in [0.1, 0.15) is 45.8 Å². The monoisotopic (exact) mass is 534 g/mol. The number of carbonyl (C=O) groups is 1. The molecule has 0 saturated carbocycles. The van der Waals surface area contributed by atoms with Gasteiger partial charge in [0.2, 0.25) is 0 Å². The van der Waals surface area contributed by atoms with Gasteiger partial charge in [0.1, 0.15) is 11.4 Å². The molecular formula is C21H35IN4O4. The van der Waals surface area contributed by atoms with Crippen molar-refractivity contribution in [2.75, 3.05) is 33.3 Å². The van der Waals surface area contributed by atoms with Crippen LogP contribution in [0.25, 0.3) is 0 Å². The minimum atomic E-state index is -0.725. The van der Waals surface area contributed by atoms with E-state index in [9.17, 15) is 9.90 Å². The Labute approximate surface area is 196 Å². The van der Waals surface area contributed by atoms with E-state index in [-0.39, 0.29) is 36.6 Å². The molecule has 1 heterocycles. The maximum Gasteiger partial charge on any atom is 0.407 e. The third kappa shape index (κ3) is 8.55. The van der Waals surface area contributed by atoms with Crippen molar-refractivity contribution in [3.05, 3.63) is 29.8 Å². The number of amides is 1. The van der Waals surface area contributed by atoms with Crippen LogP contribution in [-0.2, 0) is 4.74 Å². The topological polar surface area (TPSA) is 95.4 Å². The zero-order chi connectivity index (χ0) is 21.4. The van der Waals surface area contributed by atoms with Crippen molar-refractivity contribution in [2.24, 2.45) is 4.99 Å². The molecule has 0 radical (unpaired) electrons. The summed E-state index contributed by atoms with van der Waals surface area (Å²) in [5.41, 5.74) is 0.240. The van der Waals surface area contributed by atoms with E-state index in [1.54, 1.807) is 7.11 Å². The zero-order valence-corrected chi connectivity index (χ0v) is 20.8. The third-order valence-corrected chi connectivity index (χ3v) is 4.44. The molecule has 1 aliphatic rings. The van der Waals surface area contributed by atoms with Crippen molar-refractivity contribution < 1.29 is 19.4 Å². The summed E-state index contributed by atoms with van der Waals surface area (Å²) in [6.07, 6.45) is -0.320. The summed E-state index contributed by atoms with van der Waals surface area (Å²) >= 11 is 0. The lowest BCUT2D eigenvalue weighted by Crippen LogP contribution is -2.44. The summed E-state index contributed by atoms with van der Waals surface area (Å²) in [6, 6.07) is 7.35. The van der Waals surface area contributed by atoms with Crippen molar-refractivity contribution >= 4 is 36.0 Å². The van der Waals surface area contributed by atoms with Crippen molar-refractivity contribution in [1.29, 1.82) is 0 Å². The summed E-state index contributed by atoms with van der Waals surface area (Å²) in [4.78, 5) is 18.7. The minimum Gasteiger partial charge on any atom is -0.497 e. The first-order valence-electron chi connectivity index (χ1n) is 10.1. The smallest absolute Gasteiger partial charge is 0.407 e. The first-order chi connectivity index (χ1) is 13.7. The molecule has 3 N–H and O–H groups in total. The third-order valence-electron chi connectivity index (χ3n) is 4.44. The summed E-state index contributed by atoms with van der Waals surface area (Å²) in [5, 5.41) is 16.7. The van der Waals surface area contributed by atoms with E-state index >= 15 is 0 Å². The molecule has 9 heteroatoms. The SMILES string of the molecule is CCNC(=NCC(O)c1cccc(OC)c1)N1CCC(NC(=O)OC(C)(C)C)C1.I. The highest BCUT2D eigenvalue weighted by molar-refractivity contribution is 14.0. The van der Waals surface area contributed by atoms with E-state index in [1.165, 1.54) is 0 Å². The van der Waals surface area contributed by atoms with Crippen LogP contribution in [0.3, 0.4) is 0 Å². The Morgan fingerprint density at radius 2 is 2.13 bits per heavy atom. The molecule has 1 aromatic rings. The Balaban J connectivity index is 0.00000450. The number of aliphatic hydroxyl groups excluding tert-OH is 1. The van der Waals surface area contributed by atoms with Gasteiger partial charge in [0.15, 0.2) is 5.96 Å². The number of methoxy groups -OCH3 is 1. The summed E-state index contributed by atoms with van der Waals surface area (Å²) in [6.45, 7) is 9.89. The number of aliphatic hydroxyl groups is 1. The van der Waals surface area contributed by atoms with Crippen LogP contribution in [0, 0.1) is 0 Å². The molecule has 1 fully saturated rings. The maximum atomic E-state index is 12.0. The number of guanidine groups is 1.